The van der Waals surface area contributed by atoms with Crippen molar-refractivity contribution in [3.05, 3.63) is 21.4 Å². The summed E-state index contributed by atoms with van der Waals surface area (Å²) in [4.78, 5) is 13.8. The van der Waals surface area contributed by atoms with Crippen molar-refractivity contribution in [2.24, 2.45) is 0 Å². The molecule has 12 heavy (non-hydrogen) atoms. The minimum absolute atomic E-state index is 0.362. The van der Waals surface area contributed by atoms with E-state index in [0.29, 0.717) is 5.78 Å². The van der Waals surface area contributed by atoms with Crippen molar-refractivity contribution in [2.75, 3.05) is 0 Å². The minimum atomic E-state index is 0.362. The first-order chi connectivity index (χ1) is 5.81. The molecule has 1 aromatic heterocycles. The number of thiophene rings is 1. The lowest BCUT2D eigenvalue weighted by molar-refractivity contribution is 0.0977. The van der Waals surface area contributed by atoms with Gasteiger partial charge in [-0.15, -0.1) is 11.3 Å². The molecule has 0 aromatic carbocycles. The molecule has 1 aliphatic carbocycles. The quantitative estimate of drug-likeness (QED) is 0.649. The summed E-state index contributed by atoms with van der Waals surface area (Å²) in [6.45, 7) is 2.14. The maximum Gasteiger partial charge on any atom is 0.173 e. The highest BCUT2D eigenvalue weighted by molar-refractivity contribution is 7.14. The average molecular weight is 180 g/mol. The first-order valence-corrected chi connectivity index (χ1v) is 5.27. The molecule has 1 aliphatic rings. The lowest BCUT2D eigenvalue weighted by atomic mass is 9.98. The number of aryl methyl sites for hydroxylation is 2. The SMILES string of the molecule is CCc1cc2c(s1)C(=O)CCC2. The molecule has 0 amide bonds. The molecule has 2 heteroatoms. The number of hydrogen-bond donors (Lipinski definition) is 0. The Hall–Kier alpha value is -0.630. The van der Waals surface area contributed by atoms with Crippen LogP contribution in [-0.2, 0) is 12.8 Å². The first kappa shape index (κ1) is 7.99. The summed E-state index contributed by atoms with van der Waals surface area (Å²) in [6.07, 6.45) is 3.98. The van der Waals surface area contributed by atoms with Crippen LogP contribution < -0.4 is 0 Å². The first-order valence-electron chi connectivity index (χ1n) is 4.46. The van der Waals surface area contributed by atoms with Crippen LogP contribution in [0.15, 0.2) is 6.07 Å². The normalized spacial score (nSPS) is 16.2. The van der Waals surface area contributed by atoms with Gasteiger partial charge in [-0.25, -0.2) is 0 Å². The zero-order chi connectivity index (χ0) is 8.55. The molecule has 0 bridgehead atoms. The Morgan fingerprint density at radius 1 is 1.50 bits per heavy atom. The molecule has 2 rings (SSSR count). The van der Waals surface area contributed by atoms with Crippen LogP contribution in [0.1, 0.15) is 39.9 Å². The monoisotopic (exact) mass is 180 g/mol. The van der Waals surface area contributed by atoms with Gasteiger partial charge in [-0.1, -0.05) is 6.92 Å². The van der Waals surface area contributed by atoms with Gasteiger partial charge in [0.05, 0.1) is 4.88 Å². The third-order valence-electron chi connectivity index (χ3n) is 2.31. The van der Waals surface area contributed by atoms with E-state index in [4.69, 9.17) is 0 Å². The topological polar surface area (TPSA) is 17.1 Å². The lowest BCUT2D eigenvalue weighted by Crippen LogP contribution is -2.06. The van der Waals surface area contributed by atoms with Gasteiger partial charge in [0, 0.05) is 11.3 Å². The zero-order valence-corrected chi connectivity index (χ0v) is 8.04. The summed E-state index contributed by atoms with van der Waals surface area (Å²) < 4.78 is 0. The van der Waals surface area contributed by atoms with Gasteiger partial charge in [0.2, 0.25) is 0 Å². The van der Waals surface area contributed by atoms with Crippen molar-refractivity contribution in [3.8, 4) is 0 Å². The Morgan fingerprint density at radius 2 is 2.33 bits per heavy atom. The highest BCUT2D eigenvalue weighted by atomic mass is 32.1. The molecule has 1 heterocycles. The summed E-state index contributed by atoms with van der Waals surface area (Å²) in [5.74, 6) is 0.362. The summed E-state index contributed by atoms with van der Waals surface area (Å²) in [7, 11) is 0. The number of hydrogen-bond acceptors (Lipinski definition) is 2. The van der Waals surface area contributed by atoms with Gasteiger partial charge in [-0.3, -0.25) is 4.79 Å². The van der Waals surface area contributed by atoms with Gasteiger partial charge in [0.15, 0.2) is 5.78 Å². The van der Waals surface area contributed by atoms with E-state index in [1.54, 1.807) is 11.3 Å². The second kappa shape index (κ2) is 3.02. The lowest BCUT2D eigenvalue weighted by Gasteiger charge is -2.07. The van der Waals surface area contributed by atoms with E-state index in [1.807, 2.05) is 0 Å². The predicted molar refractivity (Wildman–Crippen MR) is 51.0 cm³/mol. The molecule has 0 radical (unpaired) electrons. The van der Waals surface area contributed by atoms with Crippen molar-refractivity contribution < 1.29 is 4.79 Å². The van der Waals surface area contributed by atoms with Crippen LogP contribution in [-0.4, -0.2) is 5.78 Å². The van der Waals surface area contributed by atoms with Crippen LogP contribution in [0.5, 0.6) is 0 Å². The Morgan fingerprint density at radius 3 is 3.00 bits per heavy atom. The highest BCUT2D eigenvalue weighted by Crippen LogP contribution is 2.29. The van der Waals surface area contributed by atoms with Crippen LogP contribution in [0, 0.1) is 0 Å². The summed E-state index contributed by atoms with van der Waals surface area (Å²) in [6, 6.07) is 2.21. The molecule has 0 atom stereocenters. The fourth-order valence-electron chi connectivity index (χ4n) is 1.63. The molecule has 0 aliphatic heterocycles. The summed E-state index contributed by atoms with van der Waals surface area (Å²) in [5, 5.41) is 0. The van der Waals surface area contributed by atoms with E-state index in [-0.39, 0.29) is 0 Å². The molecular formula is C10H12OS. The number of Topliss-reactive ketones (excluding diaryl/α,β-unsaturated/α-hetero) is 1. The summed E-state index contributed by atoms with van der Waals surface area (Å²) in [5.41, 5.74) is 1.30. The molecule has 1 aromatic rings. The molecule has 0 unspecified atom stereocenters. The fourth-order valence-corrected chi connectivity index (χ4v) is 2.75. The molecule has 0 saturated heterocycles. The third-order valence-corrected chi connectivity index (χ3v) is 3.67. The van der Waals surface area contributed by atoms with Crippen molar-refractivity contribution >= 4 is 17.1 Å². The van der Waals surface area contributed by atoms with Crippen LogP contribution in [0.25, 0.3) is 0 Å². The smallest absolute Gasteiger partial charge is 0.173 e. The second-order valence-electron chi connectivity index (χ2n) is 3.20. The standard InChI is InChI=1S/C10H12OS/c1-2-8-6-7-4-3-5-9(11)10(7)12-8/h6H,2-5H2,1H3. The third kappa shape index (κ3) is 1.20. The number of ketones is 1. The number of rotatable bonds is 1. The maximum absolute atomic E-state index is 11.4. The zero-order valence-electron chi connectivity index (χ0n) is 7.22. The fraction of sp³-hybridized carbons (Fsp3) is 0.500. The van der Waals surface area contributed by atoms with Crippen molar-refractivity contribution in [2.45, 2.75) is 32.6 Å². The largest absolute Gasteiger partial charge is 0.293 e. The Kier molecular flexibility index (Phi) is 2.01. The minimum Gasteiger partial charge on any atom is -0.293 e. The van der Waals surface area contributed by atoms with Gasteiger partial charge in [0.25, 0.3) is 0 Å². The van der Waals surface area contributed by atoms with Crippen molar-refractivity contribution in [3.63, 3.8) is 0 Å². The van der Waals surface area contributed by atoms with Gasteiger partial charge in [0.1, 0.15) is 0 Å². The van der Waals surface area contributed by atoms with Gasteiger partial charge < -0.3 is 0 Å². The Bertz CT molecular complexity index is 312. The molecule has 0 N–H and O–H groups in total. The number of carbonyl (C=O) groups is 1. The second-order valence-corrected chi connectivity index (χ2v) is 4.33. The average Bonchev–Trinajstić information content (AvgIpc) is 2.49. The molecule has 0 fully saturated rings. The number of carbonyl (C=O) groups excluding carboxylic acids is 1. The van der Waals surface area contributed by atoms with Crippen molar-refractivity contribution in [1.82, 2.24) is 0 Å². The number of fused-ring (bicyclic) bond motifs is 1. The van der Waals surface area contributed by atoms with Crippen LogP contribution in [0.2, 0.25) is 0 Å². The van der Waals surface area contributed by atoms with E-state index in [1.165, 1.54) is 10.4 Å². The molecule has 1 nitrogen and oxygen atoms in total. The van der Waals surface area contributed by atoms with E-state index < -0.39 is 0 Å². The highest BCUT2D eigenvalue weighted by Gasteiger charge is 2.19. The van der Waals surface area contributed by atoms with Crippen molar-refractivity contribution in [1.29, 1.82) is 0 Å². The Balaban J connectivity index is 2.43. The molecule has 64 valence electrons. The predicted octanol–water partition coefficient (Wildman–Crippen LogP) is 2.83. The van der Waals surface area contributed by atoms with E-state index >= 15 is 0 Å². The van der Waals surface area contributed by atoms with E-state index in [9.17, 15) is 4.79 Å². The van der Waals surface area contributed by atoms with Gasteiger partial charge >= 0.3 is 0 Å². The van der Waals surface area contributed by atoms with Crippen LogP contribution in [0.4, 0.5) is 0 Å². The maximum atomic E-state index is 11.4. The van der Waals surface area contributed by atoms with Gasteiger partial charge in [-0.2, -0.15) is 0 Å². The van der Waals surface area contributed by atoms with E-state index in [0.717, 1.165) is 30.6 Å². The van der Waals surface area contributed by atoms with Crippen LogP contribution >= 0.6 is 11.3 Å². The molecule has 0 spiro atoms. The molecular weight excluding hydrogens is 168 g/mol. The van der Waals surface area contributed by atoms with Gasteiger partial charge in [-0.05, 0) is 30.9 Å². The Labute approximate surface area is 76.4 Å². The van der Waals surface area contributed by atoms with E-state index in [2.05, 4.69) is 13.0 Å². The molecule has 0 saturated carbocycles. The summed E-state index contributed by atoms with van der Waals surface area (Å²) >= 11 is 1.69. The van der Waals surface area contributed by atoms with Crippen LogP contribution in [0.3, 0.4) is 0 Å².